The molecule has 1 rings (SSSR count). The van der Waals surface area contributed by atoms with Crippen molar-refractivity contribution in [3.63, 3.8) is 0 Å². The van der Waals surface area contributed by atoms with E-state index in [1.807, 2.05) is 6.92 Å². The molecule has 0 spiro atoms. The Bertz CT molecular complexity index is 310. The molecule has 0 saturated carbocycles. The third kappa shape index (κ3) is 2.22. The molecule has 0 aliphatic heterocycles. The molecule has 0 fully saturated rings. The highest BCUT2D eigenvalue weighted by molar-refractivity contribution is 6.27. The topological polar surface area (TPSA) is 37.3 Å². The van der Waals surface area contributed by atoms with E-state index in [4.69, 9.17) is 11.6 Å². The number of halogens is 1. The molecular weight excluding hydrogens is 188 g/mol. The molecule has 0 aliphatic carbocycles. The average Bonchev–Trinajstić information content (AvgIpc) is 2.17. The van der Waals surface area contributed by atoms with Crippen LogP contribution in [0.25, 0.3) is 0 Å². The van der Waals surface area contributed by atoms with Crippen LogP contribution in [0.1, 0.15) is 23.4 Å². The summed E-state index contributed by atoms with van der Waals surface area (Å²) < 4.78 is 0. The number of benzene rings is 1. The first-order valence-electron chi connectivity index (χ1n) is 4.10. The second-order valence-corrected chi connectivity index (χ2v) is 3.25. The maximum Gasteiger partial charge on any atom is 0.142 e. The number of aldehydes is 1. The molecule has 1 aromatic carbocycles. The third-order valence-electron chi connectivity index (χ3n) is 1.92. The Morgan fingerprint density at radius 2 is 2.31 bits per heavy atom. The second kappa shape index (κ2) is 4.28. The van der Waals surface area contributed by atoms with Crippen molar-refractivity contribution in [2.45, 2.75) is 18.7 Å². The Morgan fingerprint density at radius 3 is 2.85 bits per heavy atom. The fourth-order valence-corrected chi connectivity index (χ4v) is 1.27. The molecule has 13 heavy (non-hydrogen) atoms. The van der Waals surface area contributed by atoms with Crippen molar-refractivity contribution >= 4 is 17.9 Å². The zero-order valence-corrected chi connectivity index (χ0v) is 8.08. The number of phenols is 1. The van der Waals surface area contributed by atoms with Crippen molar-refractivity contribution in [1.29, 1.82) is 0 Å². The zero-order valence-electron chi connectivity index (χ0n) is 7.33. The second-order valence-electron chi connectivity index (χ2n) is 2.78. The smallest absolute Gasteiger partial charge is 0.142 e. The maximum atomic E-state index is 10.4. The number of aryl methyl sites for hydroxylation is 1. The van der Waals surface area contributed by atoms with Gasteiger partial charge < -0.3 is 9.90 Å². The number of carbonyl (C=O) groups is 1. The fourth-order valence-electron chi connectivity index (χ4n) is 1.14. The van der Waals surface area contributed by atoms with Crippen LogP contribution in [0.2, 0.25) is 0 Å². The van der Waals surface area contributed by atoms with Gasteiger partial charge >= 0.3 is 0 Å². The molecule has 1 atom stereocenters. The van der Waals surface area contributed by atoms with Gasteiger partial charge in [-0.1, -0.05) is 19.1 Å². The molecule has 0 saturated heterocycles. The van der Waals surface area contributed by atoms with Crippen molar-refractivity contribution in [2.75, 3.05) is 0 Å². The van der Waals surface area contributed by atoms with Crippen LogP contribution in [0.4, 0.5) is 0 Å². The number of hydrogen-bond acceptors (Lipinski definition) is 2. The molecule has 1 unspecified atom stereocenters. The van der Waals surface area contributed by atoms with Gasteiger partial charge in [-0.3, -0.25) is 0 Å². The van der Waals surface area contributed by atoms with Gasteiger partial charge in [0.2, 0.25) is 0 Å². The van der Waals surface area contributed by atoms with E-state index in [1.165, 1.54) is 0 Å². The van der Waals surface area contributed by atoms with Crippen LogP contribution in [0.5, 0.6) is 5.75 Å². The Morgan fingerprint density at radius 1 is 1.62 bits per heavy atom. The quantitative estimate of drug-likeness (QED) is 0.598. The summed E-state index contributed by atoms with van der Waals surface area (Å²) in [6.45, 7) is 1.93. The van der Waals surface area contributed by atoms with Crippen LogP contribution in [0, 0.1) is 0 Å². The first-order valence-corrected chi connectivity index (χ1v) is 4.53. The van der Waals surface area contributed by atoms with Crippen LogP contribution in [0.3, 0.4) is 0 Å². The Labute approximate surface area is 82.2 Å². The van der Waals surface area contributed by atoms with Crippen LogP contribution in [-0.4, -0.2) is 11.4 Å². The molecule has 0 bridgehead atoms. The van der Waals surface area contributed by atoms with E-state index >= 15 is 0 Å². The largest absolute Gasteiger partial charge is 0.508 e. The van der Waals surface area contributed by atoms with Gasteiger partial charge in [0, 0.05) is 0 Å². The summed E-state index contributed by atoms with van der Waals surface area (Å²) in [7, 11) is 0. The predicted octanol–water partition coefficient (Wildman–Crippen LogP) is 2.43. The molecule has 0 amide bonds. The lowest BCUT2D eigenvalue weighted by Gasteiger charge is -2.06. The lowest BCUT2D eigenvalue weighted by molar-refractivity contribution is -0.107. The van der Waals surface area contributed by atoms with E-state index in [0.29, 0.717) is 6.29 Å². The molecule has 3 heteroatoms. The number of phenolic OH excluding ortho intramolecular Hbond substituents is 1. The maximum absolute atomic E-state index is 10.4. The molecule has 0 radical (unpaired) electrons. The lowest BCUT2D eigenvalue weighted by Crippen LogP contribution is -1.93. The standard InChI is InChI=1S/C10H11ClO2/c1-2-7-5-8(9(11)6-12)3-4-10(7)13/h3-6,9,13H,2H2,1H3. The Hall–Kier alpha value is -1.02. The molecule has 1 N–H and O–H groups in total. The molecule has 1 aromatic rings. The molecule has 70 valence electrons. The van der Waals surface area contributed by atoms with Crippen molar-refractivity contribution in [3.05, 3.63) is 29.3 Å². The van der Waals surface area contributed by atoms with Gasteiger partial charge in [0.15, 0.2) is 0 Å². The van der Waals surface area contributed by atoms with Gasteiger partial charge in [-0.05, 0) is 23.6 Å². The summed E-state index contributed by atoms with van der Waals surface area (Å²) in [6.07, 6.45) is 1.40. The molecule has 0 aliphatic rings. The van der Waals surface area contributed by atoms with E-state index in [0.717, 1.165) is 17.5 Å². The van der Waals surface area contributed by atoms with E-state index in [1.54, 1.807) is 18.2 Å². The van der Waals surface area contributed by atoms with Crippen molar-refractivity contribution in [2.24, 2.45) is 0 Å². The first kappa shape index (κ1) is 10.1. The van der Waals surface area contributed by atoms with Gasteiger partial charge in [-0.2, -0.15) is 0 Å². The van der Waals surface area contributed by atoms with Crippen molar-refractivity contribution < 1.29 is 9.90 Å². The minimum atomic E-state index is -0.620. The minimum absolute atomic E-state index is 0.251. The highest BCUT2D eigenvalue weighted by Gasteiger charge is 2.08. The summed E-state index contributed by atoms with van der Waals surface area (Å²) in [5.41, 5.74) is 1.54. The lowest BCUT2D eigenvalue weighted by atomic mass is 10.1. The zero-order chi connectivity index (χ0) is 9.84. The average molecular weight is 199 g/mol. The van der Waals surface area contributed by atoms with Crippen LogP contribution in [-0.2, 0) is 11.2 Å². The number of hydrogen-bond donors (Lipinski definition) is 1. The SMILES string of the molecule is CCc1cc(C(Cl)C=O)ccc1O. The van der Waals surface area contributed by atoms with E-state index in [2.05, 4.69) is 0 Å². The summed E-state index contributed by atoms with van der Waals surface area (Å²) in [6, 6.07) is 4.97. The van der Waals surface area contributed by atoms with Crippen molar-refractivity contribution in [3.8, 4) is 5.75 Å². The van der Waals surface area contributed by atoms with Crippen LogP contribution < -0.4 is 0 Å². The van der Waals surface area contributed by atoms with E-state index in [9.17, 15) is 9.90 Å². The number of rotatable bonds is 3. The molecular formula is C10H11ClO2. The summed E-state index contributed by atoms with van der Waals surface area (Å²) in [5.74, 6) is 0.251. The summed E-state index contributed by atoms with van der Waals surface area (Å²) >= 11 is 5.72. The third-order valence-corrected chi connectivity index (χ3v) is 2.28. The van der Waals surface area contributed by atoms with E-state index < -0.39 is 5.38 Å². The molecule has 2 nitrogen and oxygen atoms in total. The Kier molecular flexibility index (Phi) is 3.32. The summed E-state index contributed by atoms with van der Waals surface area (Å²) in [4.78, 5) is 10.4. The van der Waals surface area contributed by atoms with Crippen LogP contribution >= 0.6 is 11.6 Å². The molecule has 0 heterocycles. The number of carbonyl (C=O) groups excluding carboxylic acids is 1. The number of aromatic hydroxyl groups is 1. The monoisotopic (exact) mass is 198 g/mol. The van der Waals surface area contributed by atoms with Gasteiger partial charge in [0.1, 0.15) is 17.4 Å². The Balaban J connectivity index is 3.05. The normalized spacial score (nSPS) is 12.5. The first-order chi connectivity index (χ1) is 6.19. The van der Waals surface area contributed by atoms with Gasteiger partial charge in [0.25, 0.3) is 0 Å². The highest BCUT2D eigenvalue weighted by Crippen LogP contribution is 2.24. The minimum Gasteiger partial charge on any atom is -0.508 e. The summed E-state index contributed by atoms with van der Waals surface area (Å²) in [5, 5.41) is 8.74. The fraction of sp³-hybridized carbons (Fsp3) is 0.300. The van der Waals surface area contributed by atoms with E-state index in [-0.39, 0.29) is 5.75 Å². The van der Waals surface area contributed by atoms with Gasteiger partial charge in [-0.15, -0.1) is 11.6 Å². The highest BCUT2D eigenvalue weighted by atomic mass is 35.5. The predicted molar refractivity (Wildman–Crippen MR) is 52.1 cm³/mol. The van der Waals surface area contributed by atoms with Gasteiger partial charge in [0.05, 0.1) is 0 Å². The van der Waals surface area contributed by atoms with Gasteiger partial charge in [-0.25, -0.2) is 0 Å². The molecule has 0 aromatic heterocycles. The van der Waals surface area contributed by atoms with Crippen molar-refractivity contribution in [1.82, 2.24) is 0 Å². The number of alkyl halides is 1. The van der Waals surface area contributed by atoms with Crippen LogP contribution in [0.15, 0.2) is 18.2 Å².